The highest BCUT2D eigenvalue weighted by atomic mass is 16.6. The van der Waals surface area contributed by atoms with E-state index in [0.29, 0.717) is 27.9 Å². The third-order valence-corrected chi connectivity index (χ3v) is 6.11. The number of hydrogen-bond acceptors (Lipinski definition) is 7. The predicted octanol–water partition coefficient (Wildman–Crippen LogP) is 1.41. The van der Waals surface area contributed by atoms with Crippen LogP contribution in [0, 0.1) is 0 Å². The summed E-state index contributed by atoms with van der Waals surface area (Å²) in [5, 5.41) is 30.8. The summed E-state index contributed by atoms with van der Waals surface area (Å²) in [5.74, 6) is -2.01. The number of hydrogen-bond donors (Lipinski definition) is 3. The van der Waals surface area contributed by atoms with Gasteiger partial charge in [-0.25, -0.2) is 9.78 Å². The standard InChI is InChI=1S/C22H18N2O7/c1-2-22(30)14-7-16-19-10(8-24(16)20(28)13(14)9-31-21(22)29)5-11-12(6-18(26)27)17(25)4-3-15(11)23-19/h3-5,7,25,30H,2,6,8-9H2,1H3,(H,26,27). The summed E-state index contributed by atoms with van der Waals surface area (Å²) in [4.78, 5) is 41.3. The molecule has 0 saturated heterocycles. The number of carboxylic acids is 1. The van der Waals surface area contributed by atoms with Crippen LogP contribution in [0.3, 0.4) is 0 Å². The Morgan fingerprint density at radius 2 is 2.06 bits per heavy atom. The largest absolute Gasteiger partial charge is 0.508 e. The van der Waals surface area contributed by atoms with E-state index in [2.05, 4.69) is 4.98 Å². The van der Waals surface area contributed by atoms with Gasteiger partial charge < -0.3 is 24.6 Å². The maximum atomic E-state index is 13.2. The number of carboxylic acid groups (broad SMARTS) is 1. The lowest BCUT2D eigenvalue weighted by Crippen LogP contribution is -2.44. The van der Waals surface area contributed by atoms with E-state index in [1.807, 2.05) is 0 Å². The van der Waals surface area contributed by atoms with Crippen LogP contribution in [-0.2, 0) is 39.5 Å². The molecule has 2 aliphatic heterocycles. The average Bonchev–Trinajstić information content (AvgIpc) is 3.10. The van der Waals surface area contributed by atoms with Crippen LogP contribution in [-0.4, -0.2) is 36.8 Å². The summed E-state index contributed by atoms with van der Waals surface area (Å²) in [6.45, 7) is 1.62. The second-order valence-electron chi connectivity index (χ2n) is 7.80. The van der Waals surface area contributed by atoms with Gasteiger partial charge >= 0.3 is 11.9 Å². The number of esters is 1. The lowest BCUT2D eigenvalue weighted by Gasteiger charge is -2.31. The zero-order valence-corrected chi connectivity index (χ0v) is 16.5. The van der Waals surface area contributed by atoms with E-state index < -0.39 is 17.5 Å². The molecule has 31 heavy (non-hydrogen) atoms. The van der Waals surface area contributed by atoms with Crippen LogP contribution in [0.2, 0.25) is 0 Å². The summed E-state index contributed by atoms with van der Waals surface area (Å²) in [6, 6.07) is 6.31. The smallest absolute Gasteiger partial charge is 0.343 e. The topological polar surface area (TPSA) is 139 Å². The fourth-order valence-corrected chi connectivity index (χ4v) is 4.44. The first-order valence-corrected chi connectivity index (χ1v) is 9.78. The number of phenolic OH excluding ortho intramolecular Hbond substituents is 1. The number of carbonyl (C=O) groups is 2. The molecule has 2 aromatic heterocycles. The molecule has 1 aromatic carbocycles. The Morgan fingerprint density at radius 3 is 2.77 bits per heavy atom. The Morgan fingerprint density at radius 1 is 1.29 bits per heavy atom. The number of aromatic hydroxyl groups is 1. The van der Waals surface area contributed by atoms with Gasteiger partial charge in [-0.15, -0.1) is 0 Å². The Kier molecular flexibility index (Phi) is 3.97. The van der Waals surface area contributed by atoms with Crippen LogP contribution in [0.4, 0.5) is 0 Å². The van der Waals surface area contributed by atoms with Crippen LogP contribution in [0.15, 0.2) is 29.1 Å². The van der Waals surface area contributed by atoms with Gasteiger partial charge in [0.2, 0.25) is 0 Å². The Labute approximate surface area is 175 Å². The van der Waals surface area contributed by atoms with Gasteiger partial charge in [0, 0.05) is 22.1 Å². The summed E-state index contributed by atoms with van der Waals surface area (Å²) in [6.07, 6.45) is -0.314. The van der Waals surface area contributed by atoms with Gasteiger partial charge in [0.15, 0.2) is 5.60 Å². The molecule has 0 radical (unpaired) electrons. The van der Waals surface area contributed by atoms with Crippen molar-refractivity contribution in [2.24, 2.45) is 0 Å². The lowest BCUT2D eigenvalue weighted by molar-refractivity contribution is -0.172. The zero-order valence-electron chi connectivity index (χ0n) is 16.5. The summed E-state index contributed by atoms with van der Waals surface area (Å²) >= 11 is 0. The number of aliphatic carboxylic acids is 1. The van der Waals surface area contributed by atoms with Crippen LogP contribution < -0.4 is 5.56 Å². The third-order valence-electron chi connectivity index (χ3n) is 6.11. The molecule has 9 heteroatoms. The second-order valence-corrected chi connectivity index (χ2v) is 7.80. The van der Waals surface area contributed by atoms with Gasteiger partial charge in [0.05, 0.1) is 35.4 Å². The maximum absolute atomic E-state index is 13.2. The van der Waals surface area contributed by atoms with Crippen LogP contribution in [0.25, 0.3) is 22.3 Å². The number of carbonyl (C=O) groups excluding carboxylic acids is 1. The molecule has 2 aliphatic rings. The number of rotatable bonds is 3. The fraction of sp³-hybridized carbons (Fsp3) is 0.273. The van der Waals surface area contributed by atoms with Gasteiger partial charge in [0.25, 0.3) is 5.56 Å². The molecule has 5 rings (SSSR count). The van der Waals surface area contributed by atoms with E-state index in [-0.39, 0.29) is 54.0 Å². The van der Waals surface area contributed by atoms with Gasteiger partial charge in [-0.3, -0.25) is 9.59 Å². The molecule has 1 unspecified atom stereocenters. The molecule has 1 atom stereocenters. The molecule has 3 aromatic rings. The van der Waals surface area contributed by atoms with Crippen molar-refractivity contribution in [1.29, 1.82) is 0 Å². The van der Waals surface area contributed by atoms with E-state index in [1.54, 1.807) is 25.1 Å². The summed E-state index contributed by atoms with van der Waals surface area (Å²) in [7, 11) is 0. The van der Waals surface area contributed by atoms with E-state index in [9.17, 15) is 29.7 Å². The van der Waals surface area contributed by atoms with Gasteiger partial charge in [-0.1, -0.05) is 6.92 Å². The first-order chi connectivity index (χ1) is 14.7. The van der Waals surface area contributed by atoms with Gasteiger partial charge in [0.1, 0.15) is 12.4 Å². The van der Waals surface area contributed by atoms with Crippen molar-refractivity contribution in [1.82, 2.24) is 9.55 Å². The quantitative estimate of drug-likeness (QED) is 0.421. The van der Waals surface area contributed by atoms with Crippen LogP contribution in [0.1, 0.15) is 35.6 Å². The van der Waals surface area contributed by atoms with Crippen LogP contribution in [0.5, 0.6) is 5.75 Å². The minimum atomic E-state index is -1.90. The Hall–Kier alpha value is -3.72. The van der Waals surface area contributed by atoms with Crippen molar-refractivity contribution in [2.75, 3.05) is 0 Å². The number of ether oxygens (including phenoxy) is 1. The number of aliphatic hydroxyl groups is 1. The van der Waals surface area contributed by atoms with Gasteiger partial charge in [-0.2, -0.15) is 0 Å². The number of nitrogens with zero attached hydrogens (tertiary/aromatic N) is 2. The molecule has 0 spiro atoms. The summed E-state index contributed by atoms with van der Waals surface area (Å²) in [5.41, 5.74) is 0.566. The lowest BCUT2D eigenvalue weighted by atomic mass is 9.86. The van der Waals surface area contributed by atoms with Gasteiger partial charge in [-0.05, 0) is 30.7 Å². The molecular formula is C22H18N2O7. The highest BCUT2D eigenvalue weighted by Crippen LogP contribution is 2.39. The first-order valence-electron chi connectivity index (χ1n) is 9.78. The van der Waals surface area contributed by atoms with Crippen molar-refractivity contribution in [2.45, 2.75) is 38.5 Å². The van der Waals surface area contributed by atoms with E-state index in [4.69, 9.17) is 4.74 Å². The van der Waals surface area contributed by atoms with E-state index in [1.165, 1.54) is 10.6 Å². The second kappa shape index (κ2) is 6.39. The molecule has 0 fully saturated rings. The first kappa shape index (κ1) is 19.3. The molecule has 0 bridgehead atoms. The molecular weight excluding hydrogens is 404 g/mol. The number of cyclic esters (lactones) is 1. The average molecular weight is 422 g/mol. The molecule has 9 nitrogen and oxygen atoms in total. The molecule has 3 N–H and O–H groups in total. The normalized spacial score (nSPS) is 19.0. The minimum Gasteiger partial charge on any atom is -0.508 e. The molecule has 0 aliphatic carbocycles. The molecule has 0 amide bonds. The van der Waals surface area contributed by atoms with E-state index in [0.717, 1.165) is 0 Å². The predicted molar refractivity (Wildman–Crippen MR) is 108 cm³/mol. The van der Waals surface area contributed by atoms with Crippen molar-refractivity contribution >= 4 is 22.8 Å². The summed E-state index contributed by atoms with van der Waals surface area (Å²) < 4.78 is 6.56. The van der Waals surface area contributed by atoms with Crippen molar-refractivity contribution < 1.29 is 29.6 Å². The molecule has 158 valence electrons. The number of pyridine rings is 2. The number of phenols is 1. The third kappa shape index (κ3) is 2.59. The zero-order chi connectivity index (χ0) is 22.1. The highest BCUT2D eigenvalue weighted by Gasteiger charge is 2.45. The van der Waals surface area contributed by atoms with Crippen molar-refractivity contribution in [3.05, 3.63) is 56.9 Å². The van der Waals surface area contributed by atoms with Crippen LogP contribution >= 0.6 is 0 Å². The van der Waals surface area contributed by atoms with Crippen molar-refractivity contribution in [3.8, 4) is 17.1 Å². The van der Waals surface area contributed by atoms with Crippen molar-refractivity contribution in [3.63, 3.8) is 0 Å². The maximum Gasteiger partial charge on any atom is 0.343 e. The Bertz CT molecular complexity index is 1370. The SMILES string of the molecule is CCC1(O)C(=O)OCc2c1cc1n(c2=O)Cc2cc3c(CC(=O)O)c(O)ccc3nc2-1. The number of benzene rings is 1. The molecule has 4 heterocycles. The fourth-order valence-electron chi connectivity index (χ4n) is 4.44. The monoisotopic (exact) mass is 422 g/mol. The highest BCUT2D eigenvalue weighted by molar-refractivity contribution is 5.91. The van der Waals surface area contributed by atoms with E-state index >= 15 is 0 Å². The number of fused-ring (bicyclic) bond motifs is 5. The number of aromatic nitrogens is 2. The molecule has 0 saturated carbocycles. The minimum absolute atomic E-state index is 0.0531. The Balaban J connectivity index is 1.76.